The van der Waals surface area contributed by atoms with Gasteiger partial charge in [-0.25, -0.2) is 4.98 Å². The van der Waals surface area contributed by atoms with Crippen LogP contribution in [0.1, 0.15) is 29.3 Å². The lowest BCUT2D eigenvalue weighted by molar-refractivity contribution is 0.0987. The van der Waals surface area contributed by atoms with Gasteiger partial charge in [-0.15, -0.1) is 0 Å². The van der Waals surface area contributed by atoms with Crippen molar-refractivity contribution in [3.8, 4) is 0 Å². The fourth-order valence-corrected chi connectivity index (χ4v) is 1.06. The van der Waals surface area contributed by atoms with Gasteiger partial charge in [0.2, 0.25) is 0 Å². The molecule has 0 spiro atoms. The van der Waals surface area contributed by atoms with E-state index in [-0.39, 0.29) is 5.78 Å². The first kappa shape index (κ1) is 8.71. The van der Waals surface area contributed by atoms with Crippen molar-refractivity contribution in [3.05, 3.63) is 23.4 Å². The molecule has 12 heavy (non-hydrogen) atoms. The summed E-state index contributed by atoms with van der Waals surface area (Å²) in [5.41, 5.74) is 7.02. The standard InChI is InChI=1S/C9H12N2O/c1-3-8(12)7-5-11-9(10)4-6(7)2/h4-5H,3H2,1-2H3,(H2,10,11). The first-order valence-corrected chi connectivity index (χ1v) is 3.90. The van der Waals surface area contributed by atoms with Gasteiger partial charge in [0.15, 0.2) is 5.78 Å². The normalized spacial score (nSPS) is 9.83. The minimum Gasteiger partial charge on any atom is -0.384 e. The Morgan fingerprint density at radius 3 is 2.83 bits per heavy atom. The van der Waals surface area contributed by atoms with Crippen molar-refractivity contribution in [3.63, 3.8) is 0 Å². The molecule has 0 fully saturated rings. The van der Waals surface area contributed by atoms with Crippen LogP contribution in [0.3, 0.4) is 0 Å². The quantitative estimate of drug-likeness (QED) is 0.675. The van der Waals surface area contributed by atoms with Crippen LogP contribution in [0.5, 0.6) is 0 Å². The number of carbonyl (C=O) groups is 1. The van der Waals surface area contributed by atoms with Gasteiger partial charge < -0.3 is 5.73 Å². The monoisotopic (exact) mass is 164 g/mol. The van der Waals surface area contributed by atoms with E-state index in [0.29, 0.717) is 17.8 Å². The molecular formula is C9H12N2O. The maximum atomic E-state index is 11.3. The van der Waals surface area contributed by atoms with Crippen molar-refractivity contribution in [2.24, 2.45) is 0 Å². The maximum absolute atomic E-state index is 11.3. The van der Waals surface area contributed by atoms with Crippen LogP contribution in [0.15, 0.2) is 12.3 Å². The van der Waals surface area contributed by atoms with E-state index in [1.54, 1.807) is 6.07 Å². The zero-order valence-electron chi connectivity index (χ0n) is 7.29. The number of aromatic nitrogens is 1. The summed E-state index contributed by atoms with van der Waals surface area (Å²) in [4.78, 5) is 15.1. The molecule has 0 radical (unpaired) electrons. The number of hydrogen-bond acceptors (Lipinski definition) is 3. The Morgan fingerprint density at radius 2 is 2.33 bits per heavy atom. The van der Waals surface area contributed by atoms with Gasteiger partial charge in [0.1, 0.15) is 5.82 Å². The Balaban J connectivity index is 3.09. The fraction of sp³-hybridized carbons (Fsp3) is 0.333. The molecule has 0 amide bonds. The molecule has 0 saturated carbocycles. The molecule has 0 aliphatic heterocycles. The smallest absolute Gasteiger partial charge is 0.164 e. The van der Waals surface area contributed by atoms with Crippen LogP contribution in [-0.4, -0.2) is 10.8 Å². The lowest BCUT2D eigenvalue weighted by Crippen LogP contribution is -2.02. The van der Waals surface area contributed by atoms with Gasteiger partial charge in [0, 0.05) is 18.2 Å². The highest BCUT2D eigenvalue weighted by atomic mass is 16.1. The SMILES string of the molecule is CCC(=O)c1cnc(N)cc1C. The average molecular weight is 164 g/mol. The molecule has 0 aliphatic rings. The molecular weight excluding hydrogens is 152 g/mol. The molecule has 64 valence electrons. The molecule has 1 rings (SSSR count). The molecule has 0 unspecified atom stereocenters. The molecule has 1 aromatic rings. The van der Waals surface area contributed by atoms with E-state index in [0.717, 1.165) is 5.56 Å². The van der Waals surface area contributed by atoms with E-state index in [1.807, 2.05) is 13.8 Å². The van der Waals surface area contributed by atoms with Gasteiger partial charge in [0.05, 0.1) is 0 Å². The zero-order valence-corrected chi connectivity index (χ0v) is 7.29. The number of nitrogens with zero attached hydrogens (tertiary/aromatic N) is 1. The van der Waals surface area contributed by atoms with Crippen LogP contribution in [0.2, 0.25) is 0 Å². The molecule has 0 aliphatic carbocycles. The molecule has 3 heteroatoms. The number of ketones is 1. The van der Waals surface area contributed by atoms with Crippen molar-refractivity contribution < 1.29 is 4.79 Å². The minimum absolute atomic E-state index is 0.111. The molecule has 3 nitrogen and oxygen atoms in total. The number of nitrogen functional groups attached to an aromatic ring is 1. The Hall–Kier alpha value is -1.38. The van der Waals surface area contributed by atoms with Crippen molar-refractivity contribution in [2.45, 2.75) is 20.3 Å². The second kappa shape index (κ2) is 3.34. The van der Waals surface area contributed by atoms with Crippen LogP contribution < -0.4 is 5.73 Å². The lowest BCUT2D eigenvalue weighted by atomic mass is 10.1. The summed E-state index contributed by atoms with van der Waals surface area (Å²) in [5.74, 6) is 0.570. The van der Waals surface area contributed by atoms with E-state index < -0.39 is 0 Å². The highest BCUT2D eigenvalue weighted by molar-refractivity contribution is 5.97. The van der Waals surface area contributed by atoms with E-state index >= 15 is 0 Å². The number of pyridine rings is 1. The van der Waals surface area contributed by atoms with Gasteiger partial charge in [-0.1, -0.05) is 6.92 Å². The van der Waals surface area contributed by atoms with Crippen LogP contribution in [0, 0.1) is 6.92 Å². The Kier molecular flexibility index (Phi) is 2.43. The number of rotatable bonds is 2. The molecule has 0 atom stereocenters. The predicted molar refractivity (Wildman–Crippen MR) is 48.0 cm³/mol. The highest BCUT2D eigenvalue weighted by Crippen LogP contribution is 2.11. The molecule has 2 N–H and O–H groups in total. The van der Waals surface area contributed by atoms with E-state index in [2.05, 4.69) is 4.98 Å². The van der Waals surface area contributed by atoms with Crippen molar-refractivity contribution in [1.82, 2.24) is 4.98 Å². The second-order valence-corrected chi connectivity index (χ2v) is 2.70. The van der Waals surface area contributed by atoms with Crippen LogP contribution >= 0.6 is 0 Å². The fourth-order valence-electron chi connectivity index (χ4n) is 1.06. The van der Waals surface area contributed by atoms with E-state index in [9.17, 15) is 4.79 Å². The Bertz CT molecular complexity index is 307. The summed E-state index contributed by atoms with van der Waals surface area (Å²) in [6.45, 7) is 3.69. The van der Waals surface area contributed by atoms with E-state index in [1.165, 1.54) is 6.20 Å². The van der Waals surface area contributed by atoms with Gasteiger partial charge in [-0.05, 0) is 18.6 Å². The van der Waals surface area contributed by atoms with Crippen LogP contribution in [0.25, 0.3) is 0 Å². The minimum atomic E-state index is 0.111. The van der Waals surface area contributed by atoms with Crippen molar-refractivity contribution >= 4 is 11.6 Å². The average Bonchev–Trinajstić information content (AvgIpc) is 2.03. The summed E-state index contributed by atoms with van der Waals surface area (Å²) in [5, 5.41) is 0. The summed E-state index contributed by atoms with van der Waals surface area (Å²) in [6.07, 6.45) is 2.04. The molecule has 1 aromatic heterocycles. The highest BCUT2D eigenvalue weighted by Gasteiger charge is 2.06. The number of carbonyl (C=O) groups excluding carboxylic acids is 1. The van der Waals surface area contributed by atoms with Gasteiger partial charge in [-0.2, -0.15) is 0 Å². The first-order valence-electron chi connectivity index (χ1n) is 3.90. The third-order valence-corrected chi connectivity index (χ3v) is 1.75. The van der Waals surface area contributed by atoms with Crippen LogP contribution in [0.4, 0.5) is 5.82 Å². The third-order valence-electron chi connectivity index (χ3n) is 1.75. The molecule has 0 saturated heterocycles. The zero-order chi connectivity index (χ0) is 9.14. The van der Waals surface area contributed by atoms with Gasteiger partial charge in [0.25, 0.3) is 0 Å². The topological polar surface area (TPSA) is 56.0 Å². The maximum Gasteiger partial charge on any atom is 0.164 e. The summed E-state index contributed by atoms with van der Waals surface area (Å²) < 4.78 is 0. The summed E-state index contributed by atoms with van der Waals surface area (Å²) in [7, 11) is 0. The van der Waals surface area contributed by atoms with Crippen molar-refractivity contribution in [1.29, 1.82) is 0 Å². The van der Waals surface area contributed by atoms with E-state index in [4.69, 9.17) is 5.73 Å². The summed E-state index contributed by atoms with van der Waals surface area (Å²) >= 11 is 0. The largest absolute Gasteiger partial charge is 0.384 e. The Labute approximate surface area is 71.6 Å². The number of aryl methyl sites for hydroxylation is 1. The number of nitrogens with two attached hydrogens (primary N) is 1. The first-order chi connectivity index (χ1) is 5.65. The Morgan fingerprint density at radius 1 is 1.67 bits per heavy atom. The number of hydrogen-bond donors (Lipinski definition) is 1. The van der Waals surface area contributed by atoms with Gasteiger partial charge >= 0.3 is 0 Å². The molecule has 1 heterocycles. The lowest BCUT2D eigenvalue weighted by Gasteiger charge is -2.02. The number of anilines is 1. The predicted octanol–water partition coefficient (Wildman–Crippen LogP) is 1.56. The number of Topliss-reactive ketones (excluding diaryl/α,β-unsaturated/α-hetero) is 1. The van der Waals surface area contributed by atoms with Crippen molar-refractivity contribution in [2.75, 3.05) is 5.73 Å². The molecule has 0 bridgehead atoms. The van der Waals surface area contributed by atoms with Crippen LogP contribution in [-0.2, 0) is 0 Å². The third kappa shape index (κ3) is 1.61. The van der Waals surface area contributed by atoms with Gasteiger partial charge in [-0.3, -0.25) is 4.79 Å². The molecule has 0 aromatic carbocycles. The second-order valence-electron chi connectivity index (χ2n) is 2.70. The summed E-state index contributed by atoms with van der Waals surface area (Å²) in [6, 6.07) is 1.71.